The van der Waals surface area contributed by atoms with Crippen LogP contribution in [0.1, 0.15) is 85.5 Å². The van der Waals surface area contributed by atoms with Crippen molar-refractivity contribution in [2.75, 3.05) is 6.61 Å². The number of aliphatic hydroxyl groups excluding tert-OH is 1. The summed E-state index contributed by atoms with van der Waals surface area (Å²) in [5, 5.41) is 26.7. The van der Waals surface area contributed by atoms with Crippen molar-refractivity contribution in [3.8, 4) is 0 Å². The van der Waals surface area contributed by atoms with Crippen LogP contribution in [0.3, 0.4) is 0 Å². The maximum Gasteiger partial charge on any atom is 0.338 e. The molecule has 2 saturated carbocycles. The number of ether oxygens (including phenoxy) is 4. The van der Waals surface area contributed by atoms with Gasteiger partial charge in [-0.05, 0) is 52.5 Å². The van der Waals surface area contributed by atoms with E-state index in [1.165, 1.54) is 13.8 Å². The van der Waals surface area contributed by atoms with Crippen LogP contribution in [0, 0.1) is 16.7 Å². The number of carbonyl (C=O) groups is 4. The minimum Gasteiger partial charge on any atom is -0.455 e. The van der Waals surface area contributed by atoms with Gasteiger partial charge >= 0.3 is 17.9 Å². The van der Waals surface area contributed by atoms with Crippen molar-refractivity contribution in [1.29, 1.82) is 0 Å². The molecule has 3 aromatic carbocycles. The van der Waals surface area contributed by atoms with Crippen LogP contribution in [0.4, 0.5) is 0 Å². The van der Waals surface area contributed by atoms with Crippen molar-refractivity contribution in [2.24, 2.45) is 16.7 Å². The van der Waals surface area contributed by atoms with E-state index < -0.39 is 95.5 Å². The van der Waals surface area contributed by atoms with E-state index in [0.717, 1.165) is 10.4 Å². The molecule has 3 aliphatic carbocycles. The van der Waals surface area contributed by atoms with Gasteiger partial charge in [0.1, 0.15) is 17.8 Å². The highest BCUT2D eigenvalue weighted by molar-refractivity contribution is 6.99. The molecule has 2 bridgehead atoms. The van der Waals surface area contributed by atoms with Crippen LogP contribution in [0.5, 0.6) is 0 Å². The van der Waals surface area contributed by atoms with E-state index in [9.17, 15) is 24.6 Å². The lowest BCUT2D eigenvalue weighted by Crippen LogP contribution is -2.83. The van der Waals surface area contributed by atoms with Crippen molar-refractivity contribution < 1.29 is 52.8 Å². The molecule has 1 heterocycles. The summed E-state index contributed by atoms with van der Waals surface area (Å²) in [6, 6.07) is 28.1. The molecule has 0 radical (unpaired) electrons. The molecule has 3 aromatic rings. The van der Waals surface area contributed by atoms with Gasteiger partial charge in [0.05, 0.1) is 35.7 Å². The molecule has 8 unspecified atom stereocenters. The summed E-state index contributed by atoms with van der Waals surface area (Å²) in [4.78, 5) is 57.3. The van der Waals surface area contributed by atoms with E-state index in [2.05, 4.69) is 20.8 Å². The first kappa shape index (κ1) is 42.7. The van der Waals surface area contributed by atoms with Crippen molar-refractivity contribution in [3.05, 3.63) is 108 Å². The molecule has 1 saturated heterocycles. The summed E-state index contributed by atoms with van der Waals surface area (Å²) in [5.74, 6) is -4.17. The quantitative estimate of drug-likeness (QED) is 0.133. The number of hydrogen-bond donors (Lipinski definition) is 2. The zero-order valence-corrected chi connectivity index (χ0v) is 36.3. The first-order valence-corrected chi connectivity index (χ1v) is 22.3. The molecule has 4 aliphatic rings. The molecule has 314 valence electrons. The van der Waals surface area contributed by atoms with Crippen LogP contribution in [-0.4, -0.2) is 90.6 Å². The molecule has 12 heteroatoms. The summed E-state index contributed by atoms with van der Waals surface area (Å²) >= 11 is 0. The third-order valence-electron chi connectivity index (χ3n) is 13.9. The van der Waals surface area contributed by atoms with Gasteiger partial charge in [0.25, 0.3) is 8.32 Å². The number of carbonyl (C=O) groups excluding carboxylic acids is 4. The van der Waals surface area contributed by atoms with Gasteiger partial charge in [-0.2, -0.15) is 0 Å². The number of ketones is 1. The number of hydrogen-bond acceptors (Lipinski definition) is 11. The van der Waals surface area contributed by atoms with Gasteiger partial charge in [-0.1, -0.05) is 113 Å². The monoisotopic (exact) mass is 824 g/mol. The van der Waals surface area contributed by atoms with Crippen LogP contribution >= 0.6 is 0 Å². The number of rotatable bonds is 8. The fourth-order valence-corrected chi connectivity index (χ4v) is 15.7. The lowest BCUT2D eigenvalue weighted by molar-refractivity contribution is -0.344. The molecule has 0 spiro atoms. The van der Waals surface area contributed by atoms with Gasteiger partial charge in [-0.15, -0.1) is 0 Å². The summed E-state index contributed by atoms with van der Waals surface area (Å²) < 4.78 is 33.2. The second-order valence-corrected chi connectivity index (χ2v) is 22.8. The lowest BCUT2D eigenvalue weighted by Gasteiger charge is -2.68. The summed E-state index contributed by atoms with van der Waals surface area (Å²) in [6.07, 6.45) is -6.76. The fraction of sp³-hybridized carbons (Fsp3) is 0.489. The minimum absolute atomic E-state index is 0.0607. The summed E-state index contributed by atoms with van der Waals surface area (Å²) in [5.41, 5.74) is -6.34. The van der Waals surface area contributed by atoms with Crippen LogP contribution < -0.4 is 10.4 Å². The predicted octanol–water partition coefficient (Wildman–Crippen LogP) is 5.24. The van der Waals surface area contributed by atoms with Crippen LogP contribution in [-0.2, 0) is 37.8 Å². The molecule has 3 fully saturated rings. The van der Waals surface area contributed by atoms with Crippen molar-refractivity contribution in [3.63, 3.8) is 0 Å². The maximum atomic E-state index is 16.3. The van der Waals surface area contributed by atoms with E-state index >= 15 is 4.79 Å². The van der Waals surface area contributed by atoms with Gasteiger partial charge in [-0.3, -0.25) is 14.4 Å². The van der Waals surface area contributed by atoms with Crippen molar-refractivity contribution >= 4 is 42.4 Å². The second kappa shape index (κ2) is 14.9. The Bertz CT molecular complexity index is 2110. The Morgan fingerprint density at radius 3 is 1.85 bits per heavy atom. The molecule has 1 aliphatic heterocycles. The molecule has 9 atom stereocenters. The topological polar surface area (TPSA) is 155 Å². The Morgan fingerprint density at radius 1 is 0.831 bits per heavy atom. The SMILES string of the molecule is CC(=O)OC1C(=O)[C@]2(C)C(O[Si](c3ccccc3)(c3ccccc3)C(C)(C)C)CC3OCC3(OC(C)=O)C2C(OC(=O)c2ccccc2)C2(O)CC(O)C(C)=C1C2(C)C. The maximum absolute atomic E-state index is 16.3. The van der Waals surface area contributed by atoms with E-state index in [4.69, 9.17) is 23.4 Å². The Labute approximate surface area is 347 Å². The third kappa shape index (κ3) is 6.44. The van der Waals surface area contributed by atoms with Crippen LogP contribution in [0.2, 0.25) is 5.04 Å². The number of aliphatic hydroxyl groups is 2. The van der Waals surface area contributed by atoms with E-state index in [0.29, 0.717) is 5.57 Å². The number of Topliss-reactive ketones (excluding diaryl/α,β-unsaturated/α-hetero) is 1. The zero-order valence-electron chi connectivity index (χ0n) is 35.3. The van der Waals surface area contributed by atoms with Gasteiger partial charge in [0.15, 0.2) is 17.5 Å². The average Bonchev–Trinajstić information content (AvgIpc) is 3.17. The van der Waals surface area contributed by atoms with E-state index in [-0.39, 0.29) is 30.6 Å². The second-order valence-electron chi connectivity index (χ2n) is 18.5. The molecule has 2 N–H and O–H groups in total. The Kier molecular flexibility index (Phi) is 10.8. The smallest absolute Gasteiger partial charge is 0.338 e. The molecule has 11 nitrogen and oxygen atoms in total. The first-order valence-electron chi connectivity index (χ1n) is 20.4. The largest absolute Gasteiger partial charge is 0.455 e. The molecule has 0 aromatic heterocycles. The third-order valence-corrected chi connectivity index (χ3v) is 19.0. The standard InChI is InChI=1S/C47H56O11Si/c1-28-34(50)26-47(53)41(56-42(52)31-19-13-10-14-20-31)39-45(9,40(51)38(55-29(2)48)37(28)44(47,7)8)35(25-36-46(39,27-54-36)57-30(3)49)58-59(43(4,5)6,32-21-15-11-16-22-32)33-23-17-12-18-24-33/h10-24,34-36,38-39,41,50,53H,25-27H2,1-9H3/t34?,35?,36?,38?,39?,41?,45-,46?,47?/m1/s1. The normalized spacial score (nSPS) is 32.6. The van der Waals surface area contributed by atoms with Gasteiger partial charge < -0.3 is 33.6 Å². The molecule has 0 amide bonds. The van der Waals surface area contributed by atoms with Gasteiger partial charge in [0.2, 0.25) is 0 Å². The van der Waals surface area contributed by atoms with E-state index in [1.807, 2.05) is 60.7 Å². The fourth-order valence-electron chi connectivity index (χ4n) is 11.0. The first-order chi connectivity index (χ1) is 27.7. The summed E-state index contributed by atoms with van der Waals surface area (Å²) in [7, 11) is -3.51. The molecule has 59 heavy (non-hydrogen) atoms. The predicted molar refractivity (Wildman–Crippen MR) is 221 cm³/mol. The highest BCUT2D eigenvalue weighted by Crippen LogP contribution is 2.65. The summed E-state index contributed by atoms with van der Waals surface area (Å²) in [6.45, 7) is 15.4. The van der Waals surface area contributed by atoms with Crippen LogP contribution in [0.25, 0.3) is 0 Å². The Balaban J connectivity index is 1.58. The van der Waals surface area contributed by atoms with Crippen molar-refractivity contribution in [1.82, 2.24) is 0 Å². The molecular formula is C47H56O11Si. The number of fused-ring (bicyclic) bond motifs is 5. The molecule has 7 rings (SSSR count). The van der Waals surface area contributed by atoms with Gasteiger partial charge in [-0.25, -0.2) is 4.79 Å². The molecular weight excluding hydrogens is 769 g/mol. The Morgan fingerprint density at radius 2 is 1.37 bits per heavy atom. The number of benzene rings is 3. The van der Waals surface area contributed by atoms with Crippen molar-refractivity contribution in [2.45, 2.75) is 122 Å². The Hall–Kier alpha value is -4.46. The highest BCUT2D eigenvalue weighted by atomic mass is 28.4. The minimum atomic E-state index is -3.51. The van der Waals surface area contributed by atoms with E-state index in [1.54, 1.807) is 58.0 Å². The highest BCUT2D eigenvalue weighted by Gasteiger charge is 2.79. The van der Waals surface area contributed by atoms with Gasteiger partial charge in [0, 0.05) is 32.1 Å². The zero-order chi connectivity index (χ0) is 42.9. The lowest BCUT2D eigenvalue weighted by atomic mass is 9.44. The number of esters is 3. The van der Waals surface area contributed by atoms with Crippen LogP contribution in [0.15, 0.2) is 102 Å². The average molecular weight is 825 g/mol.